The van der Waals surface area contributed by atoms with Crippen LogP contribution in [0.4, 0.5) is 11.4 Å². The van der Waals surface area contributed by atoms with Crippen molar-refractivity contribution in [1.82, 2.24) is 0 Å². The van der Waals surface area contributed by atoms with Gasteiger partial charge in [-0.3, -0.25) is 4.79 Å². The first-order valence-electron chi connectivity index (χ1n) is 7.15. The van der Waals surface area contributed by atoms with E-state index in [9.17, 15) is 4.79 Å². The quantitative estimate of drug-likeness (QED) is 0.667. The number of hydrogen-bond donors (Lipinski definition) is 1. The molecule has 5 nitrogen and oxygen atoms in total. The second-order valence-corrected chi connectivity index (χ2v) is 6.29. The Morgan fingerprint density at radius 1 is 1.12 bits per heavy atom. The predicted octanol–water partition coefficient (Wildman–Crippen LogP) is 3.83. The highest BCUT2D eigenvalue weighted by atomic mass is 35.5. The molecule has 1 amide bonds. The van der Waals surface area contributed by atoms with Gasteiger partial charge in [-0.2, -0.15) is 5.10 Å². The largest absolute Gasteiger partial charge is 0.378 e. The lowest BCUT2D eigenvalue weighted by atomic mass is 10.1. The average molecular weight is 361 g/mol. The fraction of sp³-hybridized carbons (Fsp3) is 0.118. The minimum atomic E-state index is -0.353. The third-order valence-corrected chi connectivity index (χ3v) is 4.05. The molecule has 122 valence electrons. The van der Waals surface area contributed by atoms with E-state index in [1.807, 2.05) is 43.3 Å². The highest BCUT2D eigenvalue weighted by Gasteiger charge is 2.28. The van der Waals surface area contributed by atoms with Crippen LogP contribution in [0.15, 0.2) is 46.6 Å². The predicted molar refractivity (Wildman–Crippen MR) is 100.0 cm³/mol. The molecule has 0 radical (unpaired) electrons. The van der Waals surface area contributed by atoms with Crippen LogP contribution in [-0.2, 0) is 4.79 Å². The Morgan fingerprint density at radius 3 is 2.50 bits per heavy atom. The van der Waals surface area contributed by atoms with Crippen molar-refractivity contribution in [2.75, 3.05) is 24.3 Å². The lowest BCUT2D eigenvalue weighted by Gasteiger charge is -2.11. The molecule has 1 N–H and O–H groups in total. The zero-order chi connectivity index (χ0) is 17.3. The molecular formula is C17H14Cl2N4O. The van der Waals surface area contributed by atoms with Crippen LogP contribution in [0.25, 0.3) is 0 Å². The molecule has 0 fully saturated rings. The second-order valence-electron chi connectivity index (χ2n) is 5.44. The van der Waals surface area contributed by atoms with Crippen molar-refractivity contribution >= 4 is 52.4 Å². The molecule has 2 aromatic carbocycles. The smallest absolute Gasteiger partial charge is 0.276 e. The van der Waals surface area contributed by atoms with E-state index in [1.165, 1.54) is 0 Å². The molecule has 0 atom stereocenters. The molecule has 3 rings (SSSR count). The topological polar surface area (TPSA) is 57.1 Å². The Kier molecular flexibility index (Phi) is 4.55. The summed E-state index contributed by atoms with van der Waals surface area (Å²) in [5.41, 5.74) is 3.23. The van der Waals surface area contributed by atoms with Crippen LogP contribution in [0.1, 0.15) is 11.1 Å². The minimum absolute atomic E-state index is 0.190. The normalized spacial score (nSPS) is 15.0. The van der Waals surface area contributed by atoms with E-state index in [0.29, 0.717) is 21.3 Å². The van der Waals surface area contributed by atoms with Gasteiger partial charge in [0.2, 0.25) is 0 Å². The van der Waals surface area contributed by atoms with Crippen LogP contribution in [0.3, 0.4) is 0 Å². The minimum Gasteiger partial charge on any atom is -0.378 e. The summed E-state index contributed by atoms with van der Waals surface area (Å²) in [6, 6.07) is 11.0. The average Bonchev–Trinajstić information content (AvgIpc) is 2.85. The summed E-state index contributed by atoms with van der Waals surface area (Å²) < 4.78 is 0. The van der Waals surface area contributed by atoms with E-state index in [1.54, 1.807) is 18.3 Å². The second kappa shape index (κ2) is 6.63. The molecule has 0 spiro atoms. The van der Waals surface area contributed by atoms with Gasteiger partial charge in [0.1, 0.15) is 0 Å². The SMILES string of the molecule is CN(C)c1ccc(/C=N/N=C2C(=O)Nc3c(Cl)cc(Cl)cc32)cc1. The van der Waals surface area contributed by atoms with E-state index < -0.39 is 0 Å². The number of fused-ring (bicyclic) bond motifs is 1. The summed E-state index contributed by atoms with van der Waals surface area (Å²) in [6.45, 7) is 0. The third-order valence-electron chi connectivity index (χ3n) is 3.54. The van der Waals surface area contributed by atoms with Crippen molar-refractivity contribution in [2.45, 2.75) is 0 Å². The zero-order valence-electron chi connectivity index (χ0n) is 13.0. The lowest BCUT2D eigenvalue weighted by Crippen LogP contribution is -2.13. The molecule has 1 aliphatic heterocycles. The number of benzene rings is 2. The molecule has 2 aromatic rings. The fourth-order valence-electron chi connectivity index (χ4n) is 2.29. The van der Waals surface area contributed by atoms with Gasteiger partial charge in [-0.1, -0.05) is 35.3 Å². The van der Waals surface area contributed by atoms with Gasteiger partial charge in [0.25, 0.3) is 5.91 Å². The number of rotatable bonds is 3. The fourth-order valence-corrected chi connectivity index (χ4v) is 2.83. The number of hydrogen-bond acceptors (Lipinski definition) is 4. The third kappa shape index (κ3) is 3.27. The Morgan fingerprint density at radius 2 is 1.83 bits per heavy atom. The molecule has 1 aliphatic rings. The van der Waals surface area contributed by atoms with Gasteiger partial charge in [-0.05, 0) is 29.8 Å². The summed E-state index contributed by atoms with van der Waals surface area (Å²) in [5.74, 6) is -0.353. The molecule has 0 aromatic heterocycles. The van der Waals surface area contributed by atoms with Crippen molar-refractivity contribution < 1.29 is 4.79 Å². The van der Waals surface area contributed by atoms with E-state index >= 15 is 0 Å². The van der Waals surface area contributed by atoms with Gasteiger partial charge in [0, 0.05) is 30.4 Å². The Balaban J connectivity index is 1.86. The van der Waals surface area contributed by atoms with Gasteiger partial charge < -0.3 is 10.2 Å². The molecule has 0 bridgehead atoms. The van der Waals surface area contributed by atoms with E-state index in [0.717, 1.165) is 11.3 Å². The van der Waals surface area contributed by atoms with Crippen LogP contribution >= 0.6 is 23.2 Å². The molecule has 24 heavy (non-hydrogen) atoms. The van der Waals surface area contributed by atoms with Crippen molar-refractivity contribution in [2.24, 2.45) is 10.2 Å². The van der Waals surface area contributed by atoms with Crippen molar-refractivity contribution in [3.8, 4) is 0 Å². The van der Waals surface area contributed by atoms with Crippen molar-refractivity contribution in [3.63, 3.8) is 0 Å². The summed E-state index contributed by atoms with van der Waals surface area (Å²) >= 11 is 12.1. The van der Waals surface area contributed by atoms with Gasteiger partial charge >= 0.3 is 0 Å². The molecule has 7 heteroatoms. The first-order valence-corrected chi connectivity index (χ1v) is 7.90. The number of carbonyl (C=O) groups is 1. The van der Waals surface area contributed by atoms with Crippen LogP contribution in [0.2, 0.25) is 10.0 Å². The molecule has 0 saturated carbocycles. The monoisotopic (exact) mass is 360 g/mol. The highest BCUT2D eigenvalue weighted by molar-refractivity contribution is 6.56. The summed E-state index contributed by atoms with van der Waals surface area (Å²) in [4.78, 5) is 14.0. The molecule has 0 unspecified atom stereocenters. The number of anilines is 2. The first kappa shape index (κ1) is 16.5. The molecule has 0 aliphatic carbocycles. The maximum absolute atomic E-state index is 12.0. The van der Waals surface area contributed by atoms with Gasteiger partial charge in [0.15, 0.2) is 5.71 Å². The van der Waals surface area contributed by atoms with E-state index in [2.05, 4.69) is 15.5 Å². The van der Waals surface area contributed by atoms with Crippen LogP contribution < -0.4 is 10.2 Å². The van der Waals surface area contributed by atoms with Gasteiger partial charge in [0.05, 0.1) is 16.9 Å². The maximum atomic E-state index is 12.0. The molecule has 1 heterocycles. The van der Waals surface area contributed by atoms with E-state index in [4.69, 9.17) is 23.2 Å². The van der Waals surface area contributed by atoms with Gasteiger partial charge in [-0.15, -0.1) is 5.10 Å². The zero-order valence-corrected chi connectivity index (χ0v) is 14.6. The first-order chi connectivity index (χ1) is 11.5. The summed E-state index contributed by atoms with van der Waals surface area (Å²) in [7, 11) is 3.95. The van der Waals surface area contributed by atoms with Crippen LogP contribution in [0, 0.1) is 0 Å². The molecule has 0 saturated heterocycles. The maximum Gasteiger partial charge on any atom is 0.276 e. The number of halogens is 2. The Hall–Kier alpha value is -2.37. The summed E-state index contributed by atoms with van der Waals surface area (Å²) in [5, 5.41) is 11.5. The van der Waals surface area contributed by atoms with Crippen molar-refractivity contribution in [1.29, 1.82) is 0 Å². The standard InChI is InChI=1S/C17H14Cl2N4O/c1-23(2)12-5-3-10(4-6-12)9-20-22-16-13-7-11(18)8-14(19)15(13)21-17(16)24/h3-9H,1-2H3,(H,21,22,24)/b20-9+. The van der Waals surface area contributed by atoms with Gasteiger partial charge in [-0.25, -0.2) is 0 Å². The Bertz CT molecular complexity index is 858. The summed E-state index contributed by atoms with van der Waals surface area (Å²) in [6.07, 6.45) is 1.59. The number of amides is 1. The number of nitrogens with one attached hydrogen (secondary N) is 1. The number of nitrogens with zero attached hydrogens (tertiary/aromatic N) is 3. The molecular weight excluding hydrogens is 347 g/mol. The van der Waals surface area contributed by atoms with E-state index in [-0.39, 0.29) is 11.6 Å². The van der Waals surface area contributed by atoms with Crippen LogP contribution in [0.5, 0.6) is 0 Å². The number of carbonyl (C=O) groups excluding carboxylic acids is 1. The lowest BCUT2D eigenvalue weighted by molar-refractivity contribution is -0.110. The van der Waals surface area contributed by atoms with Crippen molar-refractivity contribution in [3.05, 3.63) is 57.6 Å². The Labute approximate surface area is 149 Å². The van der Waals surface area contributed by atoms with Crippen LogP contribution in [-0.4, -0.2) is 31.9 Å². The highest BCUT2D eigenvalue weighted by Crippen LogP contribution is 2.34.